The number of aromatic nitrogens is 6. The normalized spacial score (nSPS) is 14.3. The average molecular weight is 342 g/mol. The molecule has 4 rings (SSSR count). The van der Waals surface area contributed by atoms with Gasteiger partial charge in [-0.2, -0.15) is 0 Å². The molecule has 0 saturated heterocycles. The monoisotopic (exact) mass is 342 g/mol. The van der Waals surface area contributed by atoms with E-state index in [0.717, 1.165) is 46.1 Å². The number of nitrogens with zero attached hydrogens (tertiary/aromatic N) is 6. The number of fused-ring (bicyclic) bond motifs is 1. The van der Waals surface area contributed by atoms with Crippen molar-refractivity contribution in [2.24, 2.45) is 7.05 Å². The highest BCUT2D eigenvalue weighted by Gasteiger charge is 2.32. The van der Waals surface area contributed by atoms with Crippen LogP contribution in [0, 0.1) is 6.92 Å². The number of imidazole rings is 1. The lowest BCUT2D eigenvalue weighted by Gasteiger charge is -2.11. The second-order valence-corrected chi connectivity index (χ2v) is 6.66. The van der Waals surface area contributed by atoms with Gasteiger partial charge in [-0.05, 0) is 26.0 Å². The zero-order valence-electron chi connectivity index (χ0n) is 14.1. The van der Waals surface area contributed by atoms with Crippen molar-refractivity contribution < 1.29 is 4.74 Å². The second-order valence-electron chi connectivity index (χ2n) is 5.86. The standard InChI is InChI=1S/C16H18N6OS/c1-8-19-12-14(22(8)2)20-13(21-16(12)24-4)10-11(9-5-6-9)17-7-18-15(10)23-3/h7,9H,5-6H2,1-4H3. The molecule has 0 spiro atoms. The minimum Gasteiger partial charge on any atom is -0.480 e. The van der Waals surface area contributed by atoms with Gasteiger partial charge in [0.15, 0.2) is 11.5 Å². The lowest BCUT2D eigenvalue weighted by atomic mass is 10.1. The third-order valence-electron chi connectivity index (χ3n) is 4.33. The SMILES string of the molecule is COc1ncnc(C2CC2)c1-c1nc(SC)c2nc(C)n(C)c2n1. The largest absolute Gasteiger partial charge is 0.480 e. The Kier molecular flexibility index (Phi) is 3.64. The molecule has 8 heteroatoms. The average Bonchev–Trinajstić information content (AvgIpc) is 3.41. The molecule has 0 radical (unpaired) electrons. The van der Waals surface area contributed by atoms with E-state index in [2.05, 4.69) is 15.0 Å². The maximum absolute atomic E-state index is 5.48. The molecule has 3 aromatic rings. The van der Waals surface area contributed by atoms with Gasteiger partial charge in [-0.15, -0.1) is 11.8 Å². The zero-order chi connectivity index (χ0) is 16.8. The van der Waals surface area contributed by atoms with Crippen molar-refractivity contribution in [1.82, 2.24) is 29.5 Å². The van der Waals surface area contributed by atoms with Crippen molar-refractivity contribution in [1.29, 1.82) is 0 Å². The summed E-state index contributed by atoms with van der Waals surface area (Å²) >= 11 is 1.56. The van der Waals surface area contributed by atoms with Crippen molar-refractivity contribution in [3.63, 3.8) is 0 Å². The maximum Gasteiger partial charge on any atom is 0.227 e. The van der Waals surface area contributed by atoms with Gasteiger partial charge in [-0.3, -0.25) is 0 Å². The molecule has 24 heavy (non-hydrogen) atoms. The Morgan fingerprint density at radius 3 is 2.67 bits per heavy atom. The van der Waals surface area contributed by atoms with Crippen molar-refractivity contribution in [3.8, 4) is 17.3 Å². The van der Waals surface area contributed by atoms with Gasteiger partial charge in [-0.25, -0.2) is 24.9 Å². The van der Waals surface area contributed by atoms with Crippen LogP contribution in [-0.4, -0.2) is 42.9 Å². The lowest BCUT2D eigenvalue weighted by Crippen LogP contribution is -2.04. The van der Waals surface area contributed by atoms with Gasteiger partial charge in [0.05, 0.1) is 12.8 Å². The minimum atomic E-state index is 0.446. The molecule has 0 unspecified atom stereocenters. The third-order valence-corrected chi connectivity index (χ3v) is 5.00. The summed E-state index contributed by atoms with van der Waals surface area (Å²) in [5, 5.41) is 0.853. The summed E-state index contributed by atoms with van der Waals surface area (Å²) in [5.41, 5.74) is 3.43. The molecule has 7 nitrogen and oxygen atoms in total. The van der Waals surface area contributed by atoms with Crippen LogP contribution < -0.4 is 4.74 Å². The van der Waals surface area contributed by atoms with Crippen LogP contribution in [-0.2, 0) is 7.05 Å². The Morgan fingerprint density at radius 1 is 1.21 bits per heavy atom. The molecule has 1 fully saturated rings. The summed E-state index contributed by atoms with van der Waals surface area (Å²) < 4.78 is 7.46. The molecular formula is C16H18N6OS. The molecule has 124 valence electrons. The minimum absolute atomic E-state index is 0.446. The summed E-state index contributed by atoms with van der Waals surface area (Å²) in [6, 6.07) is 0. The fourth-order valence-electron chi connectivity index (χ4n) is 2.81. The van der Waals surface area contributed by atoms with Gasteiger partial charge in [0.2, 0.25) is 5.88 Å². The highest BCUT2D eigenvalue weighted by molar-refractivity contribution is 7.98. The highest BCUT2D eigenvalue weighted by atomic mass is 32.2. The van der Waals surface area contributed by atoms with E-state index >= 15 is 0 Å². The van der Waals surface area contributed by atoms with Crippen molar-refractivity contribution in [2.45, 2.75) is 30.7 Å². The summed E-state index contributed by atoms with van der Waals surface area (Å²) in [7, 11) is 3.58. The third kappa shape index (κ3) is 2.32. The van der Waals surface area contributed by atoms with Crippen molar-refractivity contribution in [3.05, 3.63) is 17.8 Å². The van der Waals surface area contributed by atoms with Crippen molar-refractivity contribution >= 4 is 22.9 Å². The molecule has 0 bridgehead atoms. The van der Waals surface area contributed by atoms with E-state index in [0.29, 0.717) is 17.6 Å². The first-order valence-corrected chi connectivity index (χ1v) is 9.00. The molecule has 0 aromatic carbocycles. The second kappa shape index (κ2) is 5.70. The van der Waals surface area contributed by atoms with E-state index in [-0.39, 0.29) is 0 Å². The van der Waals surface area contributed by atoms with Gasteiger partial charge in [0.1, 0.15) is 28.3 Å². The maximum atomic E-state index is 5.48. The van der Waals surface area contributed by atoms with E-state index < -0.39 is 0 Å². The Bertz CT molecular complexity index is 934. The molecule has 0 amide bonds. The smallest absolute Gasteiger partial charge is 0.227 e. The van der Waals surface area contributed by atoms with Crippen LogP contribution in [0.2, 0.25) is 0 Å². The molecule has 0 N–H and O–H groups in total. The molecule has 1 saturated carbocycles. The Hall–Kier alpha value is -2.22. The summed E-state index contributed by atoms with van der Waals surface area (Å²) in [6.07, 6.45) is 5.82. The van der Waals surface area contributed by atoms with Gasteiger partial charge in [0.25, 0.3) is 0 Å². The van der Waals surface area contributed by atoms with Crippen LogP contribution in [0.5, 0.6) is 5.88 Å². The van der Waals surface area contributed by atoms with Crippen LogP contribution in [0.4, 0.5) is 0 Å². The molecule has 3 aromatic heterocycles. The molecule has 1 aliphatic rings. The first-order chi connectivity index (χ1) is 11.6. The van der Waals surface area contributed by atoms with Gasteiger partial charge >= 0.3 is 0 Å². The first kappa shape index (κ1) is 15.3. The Morgan fingerprint density at radius 2 is 2.00 bits per heavy atom. The zero-order valence-corrected chi connectivity index (χ0v) is 14.9. The molecule has 3 heterocycles. The quantitative estimate of drug-likeness (QED) is 0.533. The van der Waals surface area contributed by atoms with Crippen LogP contribution in [0.1, 0.15) is 30.3 Å². The van der Waals surface area contributed by atoms with E-state index in [1.165, 1.54) is 0 Å². The summed E-state index contributed by atoms with van der Waals surface area (Å²) in [6.45, 7) is 1.97. The summed E-state index contributed by atoms with van der Waals surface area (Å²) in [5.74, 6) is 2.49. The van der Waals surface area contributed by atoms with E-state index in [1.807, 2.05) is 24.8 Å². The number of methoxy groups -OCH3 is 1. The molecule has 0 atom stereocenters. The summed E-state index contributed by atoms with van der Waals surface area (Å²) in [4.78, 5) is 22.8. The fraction of sp³-hybridized carbons (Fsp3) is 0.438. The number of rotatable bonds is 4. The van der Waals surface area contributed by atoms with Crippen LogP contribution >= 0.6 is 11.8 Å². The number of aryl methyl sites for hydroxylation is 2. The number of ether oxygens (including phenoxy) is 1. The number of hydrogen-bond donors (Lipinski definition) is 0. The van der Waals surface area contributed by atoms with E-state index in [1.54, 1.807) is 25.2 Å². The van der Waals surface area contributed by atoms with E-state index in [4.69, 9.17) is 14.7 Å². The number of thioether (sulfide) groups is 1. The van der Waals surface area contributed by atoms with Gasteiger partial charge in [-0.1, -0.05) is 0 Å². The van der Waals surface area contributed by atoms with Crippen LogP contribution in [0.15, 0.2) is 11.4 Å². The van der Waals surface area contributed by atoms with Crippen LogP contribution in [0.25, 0.3) is 22.6 Å². The fourth-order valence-corrected chi connectivity index (χ4v) is 3.32. The van der Waals surface area contributed by atoms with Crippen molar-refractivity contribution in [2.75, 3.05) is 13.4 Å². The lowest BCUT2D eigenvalue weighted by molar-refractivity contribution is 0.397. The molecule has 1 aliphatic carbocycles. The molecule has 0 aliphatic heterocycles. The van der Waals surface area contributed by atoms with Gasteiger partial charge in [0, 0.05) is 13.0 Å². The van der Waals surface area contributed by atoms with E-state index in [9.17, 15) is 0 Å². The molecular weight excluding hydrogens is 324 g/mol. The Balaban J connectivity index is 2.02. The highest BCUT2D eigenvalue weighted by Crippen LogP contribution is 2.45. The Labute approximate surface area is 143 Å². The topological polar surface area (TPSA) is 78.6 Å². The predicted octanol–water partition coefficient (Wildman–Crippen LogP) is 2.74. The predicted molar refractivity (Wildman–Crippen MR) is 92.4 cm³/mol. The van der Waals surface area contributed by atoms with Crippen LogP contribution in [0.3, 0.4) is 0 Å². The first-order valence-electron chi connectivity index (χ1n) is 7.78. The van der Waals surface area contributed by atoms with Gasteiger partial charge < -0.3 is 9.30 Å². The number of hydrogen-bond acceptors (Lipinski definition) is 7.